The number of hydrogen-bond acceptors (Lipinski definition) is 4. The van der Waals surface area contributed by atoms with Crippen LogP contribution in [0.15, 0.2) is 35.2 Å². The van der Waals surface area contributed by atoms with Crippen molar-refractivity contribution in [3.05, 3.63) is 30.3 Å². The van der Waals surface area contributed by atoms with Crippen LogP contribution in [0.25, 0.3) is 0 Å². The summed E-state index contributed by atoms with van der Waals surface area (Å²) in [4.78, 5) is 14.9. The summed E-state index contributed by atoms with van der Waals surface area (Å²) in [6, 6.07) is 8.04. The minimum atomic E-state index is -3.75. The Hall–Kier alpha value is -1.40. The zero-order chi connectivity index (χ0) is 17.0. The second-order valence-corrected chi connectivity index (χ2v) is 9.11. The van der Waals surface area contributed by atoms with E-state index in [1.807, 2.05) is 27.7 Å². The average Bonchev–Trinajstić information content (AvgIpc) is 2.95. The maximum absolute atomic E-state index is 13.2. The van der Waals surface area contributed by atoms with Gasteiger partial charge in [-0.25, -0.2) is 8.42 Å². The standard InChI is InChI=1S/C17H23NO4S/c1-5-17(4)13-11-22-16(2,3)18(13)15(19)14(17)23(20,21)12-9-7-6-8-10-12/h6-10,13-14H,5,11H2,1-4H3/t13-,14?,17-/m1/s1. The molecule has 0 saturated carbocycles. The fourth-order valence-corrected chi connectivity index (χ4v) is 6.16. The number of carbonyl (C=O) groups is 1. The minimum Gasteiger partial charge on any atom is -0.354 e. The lowest BCUT2D eigenvalue weighted by atomic mass is 9.80. The van der Waals surface area contributed by atoms with Crippen LogP contribution in [0.2, 0.25) is 0 Å². The molecule has 5 nitrogen and oxygen atoms in total. The highest BCUT2D eigenvalue weighted by Crippen LogP contribution is 2.51. The monoisotopic (exact) mass is 337 g/mol. The van der Waals surface area contributed by atoms with E-state index in [9.17, 15) is 13.2 Å². The van der Waals surface area contributed by atoms with Crippen molar-refractivity contribution in [2.24, 2.45) is 5.41 Å². The topological polar surface area (TPSA) is 63.7 Å². The Balaban J connectivity index is 2.14. The molecule has 1 aromatic carbocycles. The quantitative estimate of drug-likeness (QED) is 0.848. The summed E-state index contributed by atoms with van der Waals surface area (Å²) in [7, 11) is -3.75. The van der Waals surface area contributed by atoms with Gasteiger partial charge in [-0.05, 0) is 32.4 Å². The largest absolute Gasteiger partial charge is 0.354 e. The van der Waals surface area contributed by atoms with Gasteiger partial charge in [0.25, 0.3) is 0 Å². The molecule has 2 aliphatic heterocycles. The molecule has 2 heterocycles. The van der Waals surface area contributed by atoms with Crippen molar-refractivity contribution in [3.8, 4) is 0 Å². The molecule has 126 valence electrons. The molecule has 0 bridgehead atoms. The molecule has 2 saturated heterocycles. The van der Waals surface area contributed by atoms with Gasteiger partial charge in [-0.15, -0.1) is 0 Å². The molecule has 1 amide bonds. The van der Waals surface area contributed by atoms with Crippen LogP contribution in [-0.4, -0.2) is 42.8 Å². The van der Waals surface area contributed by atoms with Crippen LogP contribution in [0.5, 0.6) is 0 Å². The van der Waals surface area contributed by atoms with Gasteiger partial charge >= 0.3 is 0 Å². The molecule has 0 N–H and O–H groups in total. The van der Waals surface area contributed by atoms with Crippen LogP contribution in [0, 0.1) is 5.41 Å². The SMILES string of the molecule is CC[C@@]1(C)C(S(=O)(=O)c2ccccc2)C(=O)N2[C@@H]1COC2(C)C. The molecule has 0 aromatic heterocycles. The van der Waals surface area contributed by atoms with E-state index in [4.69, 9.17) is 4.74 Å². The molecule has 2 fully saturated rings. The second-order valence-electron chi connectivity index (χ2n) is 7.08. The Bertz CT molecular complexity index is 728. The van der Waals surface area contributed by atoms with Crippen LogP contribution in [-0.2, 0) is 19.4 Å². The Kier molecular flexibility index (Phi) is 3.61. The number of amides is 1. The molecule has 3 rings (SSSR count). The third-order valence-electron chi connectivity index (χ3n) is 5.45. The lowest BCUT2D eigenvalue weighted by Gasteiger charge is -2.33. The summed E-state index contributed by atoms with van der Waals surface area (Å²) >= 11 is 0. The molecular formula is C17H23NO4S. The zero-order valence-corrected chi connectivity index (χ0v) is 14.8. The van der Waals surface area contributed by atoms with Crippen LogP contribution in [0.3, 0.4) is 0 Å². The predicted octanol–water partition coefficient (Wildman–Crippen LogP) is 2.22. The summed E-state index contributed by atoms with van der Waals surface area (Å²) < 4.78 is 32.1. The van der Waals surface area contributed by atoms with Crippen molar-refractivity contribution in [2.75, 3.05) is 6.61 Å². The number of fused-ring (bicyclic) bond motifs is 1. The average molecular weight is 337 g/mol. The molecule has 0 radical (unpaired) electrons. The number of rotatable bonds is 3. The van der Waals surface area contributed by atoms with Gasteiger partial charge in [0.15, 0.2) is 15.1 Å². The molecule has 23 heavy (non-hydrogen) atoms. The van der Waals surface area contributed by atoms with Gasteiger partial charge in [0.1, 0.15) is 5.72 Å². The molecule has 3 atom stereocenters. The van der Waals surface area contributed by atoms with Gasteiger partial charge in [-0.1, -0.05) is 32.0 Å². The minimum absolute atomic E-state index is 0.206. The van der Waals surface area contributed by atoms with Crippen LogP contribution >= 0.6 is 0 Å². The first-order valence-corrected chi connectivity index (χ1v) is 9.47. The Morgan fingerprint density at radius 3 is 2.39 bits per heavy atom. The number of ether oxygens (including phenoxy) is 1. The Morgan fingerprint density at radius 2 is 1.83 bits per heavy atom. The van der Waals surface area contributed by atoms with Crippen molar-refractivity contribution in [3.63, 3.8) is 0 Å². The van der Waals surface area contributed by atoms with Crippen molar-refractivity contribution in [1.29, 1.82) is 0 Å². The first kappa shape index (κ1) is 16.5. The fraction of sp³-hybridized carbons (Fsp3) is 0.588. The lowest BCUT2D eigenvalue weighted by molar-refractivity contribution is -0.141. The number of carbonyl (C=O) groups excluding carboxylic acids is 1. The third kappa shape index (κ3) is 2.15. The van der Waals surface area contributed by atoms with Crippen LogP contribution in [0.4, 0.5) is 0 Å². The Morgan fingerprint density at radius 1 is 1.22 bits per heavy atom. The third-order valence-corrected chi connectivity index (χ3v) is 7.74. The lowest BCUT2D eigenvalue weighted by Crippen LogP contribution is -2.46. The maximum atomic E-state index is 13.2. The molecule has 2 aliphatic rings. The summed E-state index contributed by atoms with van der Waals surface area (Å²) in [6.07, 6.45) is 0.593. The molecule has 0 aliphatic carbocycles. The summed E-state index contributed by atoms with van der Waals surface area (Å²) in [6.45, 7) is 7.85. The van der Waals surface area contributed by atoms with E-state index in [0.717, 1.165) is 0 Å². The number of benzene rings is 1. The van der Waals surface area contributed by atoms with Gasteiger partial charge in [-0.2, -0.15) is 0 Å². The zero-order valence-electron chi connectivity index (χ0n) is 13.9. The first-order chi connectivity index (χ1) is 10.7. The number of nitrogens with zero attached hydrogens (tertiary/aromatic N) is 1. The van der Waals surface area contributed by atoms with Gasteiger partial charge in [0.05, 0.1) is 17.5 Å². The highest BCUT2D eigenvalue weighted by Gasteiger charge is 2.66. The fourth-order valence-electron chi connectivity index (χ4n) is 3.94. The van der Waals surface area contributed by atoms with Gasteiger partial charge in [0.2, 0.25) is 5.91 Å². The predicted molar refractivity (Wildman–Crippen MR) is 86.5 cm³/mol. The van der Waals surface area contributed by atoms with Gasteiger partial charge in [0, 0.05) is 5.41 Å². The summed E-state index contributed by atoms with van der Waals surface area (Å²) in [5.41, 5.74) is -1.43. The molecule has 1 unspecified atom stereocenters. The van der Waals surface area contributed by atoms with E-state index in [-0.39, 0.29) is 16.8 Å². The maximum Gasteiger partial charge on any atom is 0.244 e. The Labute approximate surface area is 137 Å². The molecular weight excluding hydrogens is 314 g/mol. The van der Waals surface area contributed by atoms with E-state index in [0.29, 0.717) is 13.0 Å². The summed E-state index contributed by atoms with van der Waals surface area (Å²) in [5.74, 6) is -0.342. The van der Waals surface area contributed by atoms with Crippen molar-refractivity contribution in [2.45, 2.75) is 56.0 Å². The highest BCUT2D eigenvalue weighted by atomic mass is 32.2. The van der Waals surface area contributed by atoms with E-state index < -0.39 is 26.2 Å². The normalized spacial score (nSPS) is 33.0. The van der Waals surface area contributed by atoms with E-state index in [1.165, 1.54) is 0 Å². The highest BCUT2D eigenvalue weighted by molar-refractivity contribution is 7.92. The van der Waals surface area contributed by atoms with E-state index >= 15 is 0 Å². The van der Waals surface area contributed by atoms with Crippen molar-refractivity contribution in [1.82, 2.24) is 4.90 Å². The first-order valence-electron chi connectivity index (χ1n) is 7.92. The smallest absolute Gasteiger partial charge is 0.244 e. The van der Waals surface area contributed by atoms with E-state index in [2.05, 4.69) is 0 Å². The van der Waals surface area contributed by atoms with E-state index in [1.54, 1.807) is 35.2 Å². The molecule has 0 spiro atoms. The van der Waals surface area contributed by atoms with Crippen LogP contribution < -0.4 is 0 Å². The molecule has 1 aromatic rings. The summed E-state index contributed by atoms with van der Waals surface area (Å²) in [5, 5.41) is -1.06. The van der Waals surface area contributed by atoms with Crippen LogP contribution in [0.1, 0.15) is 34.1 Å². The van der Waals surface area contributed by atoms with Crippen molar-refractivity contribution < 1.29 is 17.9 Å². The second kappa shape index (κ2) is 5.05. The van der Waals surface area contributed by atoms with Crippen molar-refractivity contribution >= 4 is 15.7 Å². The molecule has 6 heteroatoms. The number of sulfone groups is 1. The van der Waals surface area contributed by atoms with Gasteiger partial charge in [-0.3, -0.25) is 4.79 Å². The van der Waals surface area contributed by atoms with Gasteiger partial charge < -0.3 is 9.64 Å². The number of hydrogen-bond donors (Lipinski definition) is 0.